The summed E-state index contributed by atoms with van der Waals surface area (Å²) in [6.07, 6.45) is 0.852. The molecule has 0 aliphatic rings. The second kappa shape index (κ2) is 2.49. The molecule has 0 atom stereocenters. The quantitative estimate of drug-likeness (QED) is 0.293. The van der Waals surface area contributed by atoms with Gasteiger partial charge in [0.2, 0.25) is 0 Å². The molecule has 0 saturated carbocycles. The lowest BCUT2D eigenvalue weighted by atomic mass is 8.87. The molecular formula is CH9B5. The summed E-state index contributed by atoms with van der Waals surface area (Å²) in [5.41, 5.74) is 0. The summed E-state index contributed by atoms with van der Waals surface area (Å²) in [5, 5.41) is 0. The molecule has 0 spiro atoms. The van der Waals surface area contributed by atoms with Crippen molar-refractivity contribution in [2.75, 3.05) is 0 Å². The molecule has 0 unspecified atom stereocenters. The minimum atomic E-state index is 0.852. The third-order valence-corrected chi connectivity index (χ3v) is 1.33. The van der Waals surface area contributed by atoms with Gasteiger partial charge in [-0.15, -0.1) is 6.82 Å². The molecule has 0 aromatic carbocycles. The van der Waals surface area contributed by atoms with Crippen LogP contribution in [0, 0.1) is 0 Å². The zero-order valence-corrected chi connectivity index (χ0v) is 5.15. The molecule has 0 fully saturated rings. The van der Waals surface area contributed by atoms with E-state index in [1.54, 1.807) is 0 Å². The van der Waals surface area contributed by atoms with Gasteiger partial charge in [0.25, 0.3) is 0 Å². The van der Waals surface area contributed by atoms with E-state index in [9.17, 15) is 0 Å². The third-order valence-electron chi connectivity index (χ3n) is 1.33. The fourth-order valence-electron chi connectivity index (χ4n) is 0. The second-order valence-corrected chi connectivity index (χ2v) is 2.49. The summed E-state index contributed by atoms with van der Waals surface area (Å²) in [4.78, 5) is 0. The van der Waals surface area contributed by atoms with E-state index in [0.29, 0.717) is 0 Å². The van der Waals surface area contributed by atoms with E-state index in [1.165, 1.54) is 0 Å². The Labute approximate surface area is 43.8 Å². The SMILES string of the molecule is BB(B)B(B)C. The van der Waals surface area contributed by atoms with Gasteiger partial charge < -0.3 is 0 Å². The molecule has 0 amide bonds. The molecule has 0 aliphatic carbocycles. The smallest absolute Gasteiger partial charge is 0.0633 e. The number of rotatable bonds is 1. The molecule has 5 heteroatoms. The van der Waals surface area contributed by atoms with Gasteiger partial charge in [-0.05, 0) is 0 Å². The van der Waals surface area contributed by atoms with E-state index in [4.69, 9.17) is 0 Å². The molecule has 0 aromatic heterocycles. The molecule has 0 aromatic rings. The van der Waals surface area contributed by atoms with Gasteiger partial charge in [0.1, 0.15) is 0 Å². The molecule has 0 nitrogen and oxygen atoms in total. The molecule has 0 heterocycles. The lowest BCUT2D eigenvalue weighted by molar-refractivity contribution is 2.33. The minimum Gasteiger partial charge on any atom is -0.101 e. The van der Waals surface area contributed by atoms with Crippen LogP contribution in [0.4, 0.5) is 0 Å². The molecule has 6 heavy (non-hydrogen) atoms. The summed E-state index contributed by atoms with van der Waals surface area (Å²) >= 11 is 0. The molecule has 0 saturated heterocycles. The first kappa shape index (κ1) is 6.32. The van der Waals surface area contributed by atoms with Crippen LogP contribution in [0.25, 0.3) is 0 Å². The van der Waals surface area contributed by atoms with Gasteiger partial charge >= 0.3 is 0 Å². The lowest BCUT2D eigenvalue weighted by Gasteiger charge is -1.97. The standard InChI is InChI=1S/CH9B5/c1-5(2)6(3)4/h2-4H2,1H3. The Morgan fingerprint density at radius 2 is 1.33 bits per heavy atom. The van der Waals surface area contributed by atoms with Gasteiger partial charge in [0.05, 0.1) is 29.7 Å². The van der Waals surface area contributed by atoms with Crippen molar-refractivity contribution in [3.05, 3.63) is 0 Å². The number of hydrogen-bond donors (Lipinski definition) is 0. The summed E-state index contributed by atoms with van der Waals surface area (Å²) < 4.78 is 0. The summed E-state index contributed by atoms with van der Waals surface area (Å²) in [7, 11) is 6.72. The summed E-state index contributed by atoms with van der Waals surface area (Å²) in [6.45, 7) is 3.09. The minimum absolute atomic E-state index is 0.852. The zero-order valence-electron chi connectivity index (χ0n) is 5.15. The van der Waals surface area contributed by atoms with Gasteiger partial charge in [-0.25, -0.2) is 0 Å². The molecule has 28 valence electrons. The van der Waals surface area contributed by atoms with Crippen molar-refractivity contribution in [1.29, 1.82) is 0 Å². The van der Waals surface area contributed by atoms with Gasteiger partial charge in [0, 0.05) is 6.39 Å². The molecule has 0 aliphatic heterocycles. The topological polar surface area (TPSA) is 0 Å². The molecule has 0 bridgehead atoms. The molecule has 0 rings (SSSR count). The molecule has 0 radical (unpaired) electrons. The predicted molar refractivity (Wildman–Crippen MR) is 43.0 cm³/mol. The van der Waals surface area contributed by atoms with E-state index < -0.39 is 0 Å². The van der Waals surface area contributed by atoms with Crippen LogP contribution in [-0.4, -0.2) is 36.1 Å². The second-order valence-electron chi connectivity index (χ2n) is 2.49. The van der Waals surface area contributed by atoms with Crippen molar-refractivity contribution >= 4 is 36.1 Å². The first-order chi connectivity index (χ1) is 2.64. The highest BCUT2D eigenvalue weighted by molar-refractivity contribution is 7.66. The van der Waals surface area contributed by atoms with E-state index >= 15 is 0 Å². The van der Waals surface area contributed by atoms with Gasteiger partial charge in [0.15, 0.2) is 0 Å². The first-order valence-electron chi connectivity index (χ1n) is 2.64. The average Bonchev–Trinajstić information content (AvgIpc) is 1.36. The van der Waals surface area contributed by atoms with Crippen molar-refractivity contribution < 1.29 is 0 Å². The van der Waals surface area contributed by atoms with E-state index in [1.807, 2.05) is 0 Å². The normalized spacial score (nSPS) is 7.50. The maximum absolute atomic E-state index is 2.24. The lowest BCUT2D eigenvalue weighted by Crippen LogP contribution is -2.34. The Kier molecular flexibility index (Phi) is 2.62. The predicted octanol–water partition coefficient (Wildman–Crippen LogP) is -2.93. The third kappa shape index (κ3) is 2.56. The highest BCUT2D eigenvalue weighted by Crippen LogP contribution is 1.69. The van der Waals surface area contributed by atoms with E-state index in [-0.39, 0.29) is 0 Å². The maximum atomic E-state index is 2.24. The van der Waals surface area contributed by atoms with Crippen LogP contribution in [-0.2, 0) is 0 Å². The van der Waals surface area contributed by atoms with Crippen LogP contribution in [0.5, 0.6) is 0 Å². The Bertz CT molecular complexity index is 24.9. The van der Waals surface area contributed by atoms with Crippen molar-refractivity contribution in [2.24, 2.45) is 0 Å². The van der Waals surface area contributed by atoms with E-state index in [0.717, 1.165) is 12.9 Å². The highest BCUT2D eigenvalue weighted by Gasteiger charge is 2.04. The van der Waals surface area contributed by atoms with Crippen LogP contribution in [0.2, 0.25) is 6.82 Å². The monoisotopic (exact) mass is 76.1 g/mol. The van der Waals surface area contributed by atoms with Crippen LogP contribution in [0.3, 0.4) is 0 Å². The largest absolute Gasteiger partial charge is 0.101 e. The Morgan fingerprint density at radius 3 is 1.33 bits per heavy atom. The van der Waals surface area contributed by atoms with Crippen molar-refractivity contribution in [3.8, 4) is 0 Å². The zero-order chi connectivity index (χ0) is 5.15. The Balaban J connectivity index is 2.99. The Hall–Kier alpha value is 0.325. The fraction of sp³-hybridized carbons (Fsp3) is 1.00. The van der Waals surface area contributed by atoms with Gasteiger partial charge in [-0.1, -0.05) is 0 Å². The molecular weight excluding hydrogens is 66.1 g/mol. The van der Waals surface area contributed by atoms with Gasteiger partial charge in [-0.3, -0.25) is 0 Å². The van der Waals surface area contributed by atoms with Crippen LogP contribution in [0.15, 0.2) is 0 Å². The Morgan fingerprint density at radius 1 is 1.17 bits per heavy atom. The van der Waals surface area contributed by atoms with Crippen LogP contribution in [0.1, 0.15) is 0 Å². The van der Waals surface area contributed by atoms with Crippen molar-refractivity contribution in [3.63, 3.8) is 0 Å². The highest BCUT2D eigenvalue weighted by atomic mass is 13.0. The maximum Gasteiger partial charge on any atom is 0.0633 e. The number of hydrogen-bond acceptors (Lipinski definition) is 0. The summed E-state index contributed by atoms with van der Waals surface area (Å²) in [5.74, 6) is 0. The van der Waals surface area contributed by atoms with E-state index in [2.05, 4.69) is 30.0 Å². The van der Waals surface area contributed by atoms with Crippen molar-refractivity contribution in [2.45, 2.75) is 6.82 Å². The van der Waals surface area contributed by atoms with Crippen molar-refractivity contribution in [1.82, 2.24) is 0 Å². The van der Waals surface area contributed by atoms with Crippen LogP contribution >= 0.6 is 0 Å². The average molecular weight is 75.1 g/mol. The molecule has 0 N–H and O–H groups in total. The van der Waals surface area contributed by atoms with Crippen LogP contribution < -0.4 is 0 Å². The fourth-order valence-corrected chi connectivity index (χ4v) is 0. The first-order valence-corrected chi connectivity index (χ1v) is 2.64. The summed E-state index contributed by atoms with van der Waals surface area (Å²) in [6, 6.07) is 0. The van der Waals surface area contributed by atoms with Gasteiger partial charge in [-0.2, -0.15) is 0 Å².